The van der Waals surface area contributed by atoms with E-state index in [1.165, 1.54) is 14.2 Å². The maximum Gasteiger partial charge on any atom is 0.310 e. The standard InChI is InChI=1S/C12H16O8/c1-17-10(14)7-6(4-20-5-13)8(11(15)18-2)9(7)12(16)19-3/h5-9H,4H2,1-3H3/t6?,7-,8-,9?/m1/s1. The lowest BCUT2D eigenvalue weighted by Gasteiger charge is -2.46. The maximum atomic E-state index is 11.7. The second-order valence-electron chi connectivity index (χ2n) is 4.24. The lowest BCUT2D eigenvalue weighted by molar-refractivity contribution is -0.192. The van der Waals surface area contributed by atoms with Crippen LogP contribution in [0.3, 0.4) is 0 Å². The van der Waals surface area contributed by atoms with Gasteiger partial charge < -0.3 is 18.9 Å². The number of rotatable bonds is 6. The molecule has 0 bridgehead atoms. The van der Waals surface area contributed by atoms with Crippen LogP contribution < -0.4 is 0 Å². The maximum absolute atomic E-state index is 11.7. The summed E-state index contributed by atoms with van der Waals surface area (Å²) in [4.78, 5) is 45.5. The average Bonchev–Trinajstić information content (AvgIpc) is 2.45. The molecule has 1 rings (SSSR count). The van der Waals surface area contributed by atoms with Crippen LogP contribution in [0.1, 0.15) is 0 Å². The summed E-state index contributed by atoms with van der Waals surface area (Å²) in [5.41, 5.74) is 0. The van der Waals surface area contributed by atoms with Crippen molar-refractivity contribution in [1.82, 2.24) is 0 Å². The quantitative estimate of drug-likeness (QED) is 0.354. The van der Waals surface area contributed by atoms with Gasteiger partial charge >= 0.3 is 17.9 Å². The fourth-order valence-electron chi connectivity index (χ4n) is 2.54. The number of hydrogen-bond donors (Lipinski definition) is 0. The number of methoxy groups -OCH3 is 3. The summed E-state index contributed by atoms with van der Waals surface area (Å²) in [5, 5.41) is 0. The van der Waals surface area contributed by atoms with Crippen LogP contribution in [-0.2, 0) is 38.1 Å². The molecule has 0 unspecified atom stereocenters. The zero-order valence-electron chi connectivity index (χ0n) is 11.4. The van der Waals surface area contributed by atoms with Crippen molar-refractivity contribution in [3.05, 3.63) is 0 Å². The van der Waals surface area contributed by atoms with Crippen LogP contribution in [-0.4, -0.2) is 52.3 Å². The number of hydrogen-bond acceptors (Lipinski definition) is 8. The molecule has 0 aromatic heterocycles. The Kier molecular flexibility index (Phi) is 5.48. The Hall–Kier alpha value is -2.12. The molecule has 0 radical (unpaired) electrons. The summed E-state index contributed by atoms with van der Waals surface area (Å²) in [6.07, 6.45) is 0. The smallest absolute Gasteiger partial charge is 0.310 e. The first kappa shape index (κ1) is 15.9. The van der Waals surface area contributed by atoms with Gasteiger partial charge in [0.05, 0.1) is 45.7 Å². The van der Waals surface area contributed by atoms with Gasteiger partial charge in [0.25, 0.3) is 6.47 Å². The number of esters is 3. The first-order valence-corrected chi connectivity index (χ1v) is 5.82. The van der Waals surface area contributed by atoms with Gasteiger partial charge in [-0.3, -0.25) is 19.2 Å². The molecule has 0 amide bonds. The SMILES string of the molecule is COC(=O)C1[C@H](C(=O)OC)C(COC=O)[C@H]1C(=O)OC. The zero-order valence-corrected chi connectivity index (χ0v) is 11.4. The molecule has 8 heteroatoms. The highest BCUT2D eigenvalue weighted by Crippen LogP contribution is 2.48. The van der Waals surface area contributed by atoms with E-state index in [9.17, 15) is 19.2 Å². The van der Waals surface area contributed by atoms with Crippen LogP contribution in [0.5, 0.6) is 0 Å². The molecule has 20 heavy (non-hydrogen) atoms. The van der Waals surface area contributed by atoms with Gasteiger partial charge in [0.1, 0.15) is 0 Å². The minimum Gasteiger partial charge on any atom is -0.469 e. The van der Waals surface area contributed by atoms with Gasteiger partial charge in [-0.05, 0) is 0 Å². The molecular weight excluding hydrogens is 272 g/mol. The van der Waals surface area contributed by atoms with Crippen molar-refractivity contribution in [3.63, 3.8) is 0 Å². The molecule has 0 aromatic carbocycles. The van der Waals surface area contributed by atoms with E-state index in [1.54, 1.807) is 0 Å². The van der Waals surface area contributed by atoms with Crippen LogP contribution in [0.4, 0.5) is 0 Å². The normalized spacial score (nSPS) is 27.8. The van der Waals surface area contributed by atoms with Gasteiger partial charge in [0, 0.05) is 5.92 Å². The van der Waals surface area contributed by atoms with E-state index in [0.717, 1.165) is 7.11 Å². The fraction of sp³-hybridized carbons (Fsp3) is 0.667. The monoisotopic (exact) mass is 288 g/mol. The summed E-state index contributed by atoms with van der Waals surface area (Å²) in [5.74, 6) is -5.53. The molecule has 1 aliphatic rings. The molecule has 0 N–H and O–H groups in total. The van der Waals surface area contributed by atoms with Crippen molar-refractivity contribution in [3.8, 4) is 0 Å². The molecule has 1 fully saturated rings. The molecule has 8 nitrogen and oxygen atoms in total. The van der Waals surface area contributed by atoms with Crippen LogP contribution >= 0.6 is 0 Å². The van der Waals surface area contributed by atoms with Gasteiger partial charge in [-0.25, -0.2) is 0 Å². The summed E-state index contributed by atoms with van der Waals surface area (Å²) in [6, 6.07) is 0. The molecule has 0 spiro atoms. The van der Waals surface area contributed by atoms with E-state index in [2.05, 4.69) is 18.9 Å². The van der Waals surface area contributed by atoms with E-state index in [0.29, 0.717) is 0 Å². The van der Waals surface area contributed by atoms with Crippen molar-refractivity contribution >= 4 is 24.4 Å². The van der Waals surface area contributed by atoms with E-state index in [4.69, 9.17) is 0 Å². The van der Waals surface area contributed by atoms with Gasteiger partial charge in [-0.15, -0.1) is 0 Å². The Morgan fingerprint density at radius 3 is 1.60 bits per heavy atom. The van der Waals surface area contributed by atoms with Crippen molar-refractivity contribution in [1.29, 1.82) is 0 Å². The third-order valence-electron chi connectivity index (χ3n) is 3.47. The molecule has 1 aliphatic carbocycles. The predicted octanol–water partition coefficient (Wildman–Crippen LogP) is -0.843. The topological polar surface area (TPSA) is 105 Å². The largest absolute Gasteiger partial charge is 0.469 e. The second kappa shape index (κ2) is 6.88. The molecule has 112 valence electrons. The zero-order chi connectivity index (χ0) is 15.3. The number of carbonyl (C=O) groups is 4. The van der Waals surface area contributed by atoms with Gasteiger partial charge in [-0.1, -0.05) is 0 Å². The molecule has 2 atom stereocenters. The fourth-order valence-corrected chi connectivity index (χ4v) is 2.54. The van der Waals surface area contributed by atoms with Gasteiger partial charge in [0.2, 0.25) is 0 Å². The third-order valence-corrected chi connectivity index (χ3v) is 3.47. The van der Waals surface area contributed by atoms with Crippen LogP contribution in [0.2, 0.25) is 0 Å². The predicted molar refractivity (Wildman–Crippen MR) is 62.0 cm³/mol. The van der Waals surface area contributed by atoms with Crippen LogP contribution in [0.15, 0.2) is 0 Å². The third kappa shape index (κ3) is 2.73. The molecule has 0 saturated heterocycles. The van der Waals surface area contributed by atoms with Crippen molar-refractivity contribution in [2.24, 2.45) is 23.7 Å². The highest BCUT2D eigenvalue weighted by molar-refractivity contribution is 5.91. The number of ether oxygens (including phenoxy) is 4. The molecular formula is C12H16O8. The van der Waals surface area contributed by atoms with Gasteiger partial charge in [0.15, 0.2) is 0 Å². The first-order valence-electron chi connectivity index (χ1n) is 5.82. The Morgan fingerprint density at radius 2 is 1.25 bits per heavy atom. The van der Waals surface area contributed by atoms with E-state index >= 15 is 0 Å². The Morgan fingerprint density at radius 1 is 0.850 bits per heavy atom. The lowest BCUT2D eigenvalue weighted by atomic mass is 9.56. The van der Waals surface area contributed by atoms with E-state index < -0.39 is 41.6 Å². The van der Waals surface area contributed by atoms with Crippen molar-refractivity contribution in [2.45, 2.75) is 0 Å². The van der Waals surface area contributed by atoms with E-state index in [1.807, 2.05) is 0 Å². The summed E-state index contributed by atoms with van der Waals surface area (Å²) in [7, 11) is 3.49. The summed E-state index contributed by atoms with van der Waals surface area (Å²) < 4.78 is 18.4. The Bertz CT molecular complexity index is 380. The second-order valence-corrected chi connectivity index (χ2v) is 4.24. The summed E-state index contributed by atoms with van der Waals surface area (Å²) in [6.45, 7) is 0.0185. The highest BCUT2D eigenvalue weighted by atomic mass is 16.5. The Balaban J connectivity index is 3.02. The van der Waals surface area contributed by atoms with Crippen LogP contribution in [0.25, 0.3) is 0 Å². The summed E-state index contributed by atoms with van der Waals surface area (Å²) >= 11 is 0. The van der Waals surface area contributed by atoms with Crippen molar-refractivity contribution in [2.75, 3.05) is 27.9 Å². The number of carbonyl (C=O) groups excluding carboxylic acids is 4. The first-order chi connectivity index (χ1) is 9.53. The highest BCUT2D eigenvalue weighted by Gasteiger charge is 2.62. The van der Waals surface area contributed by atoms with Crippen LogP contribution in [0, 0.1) is 23.7 Å². The molecule has 0 aliphatic heterocycles. The van der Waals surface area contributed by atoms with E-state index in [-0.39, 0.29) is 13.1 Å². The molecule has 1 saturated carbocycles. The minimum absolute atomic E-state index is 0.184. The lowest BCUT2D eigenvalue weighted by Crippen LogP contribution is -2.59. The van der Waals surface area contributed by atoms with Gasteiger partial charge in [-0.2, -0.15) is 0 Å². The van der Waals surface area contributed by atoms with Crippen molar-refractivity contribution < 1.29 is 38.1 Å². The Labute approximate surface area is 115 Å². The average molecular weight is 288 g/mol. The minimum atomic E-state index is -1.000. The molecule has 0 aromatic rings. The molecule has 0 heterocycles.